The van der Waals surface area contributed by atoms with Crippen LogP contribution in [0.2, 0.25) is 0 Å². The molecule has 4 aromatic rings. The summed E-state index contributed by atoms with van der Waals surface area (Å²) in [6.45, 7) is 16.0. The van der Waals surface area contributed by atoms with Crippen LogP contribution in [0.1, 0.15) is 99.8 Å². The molecule has 0 saturated carbocycles. The minimum absolute atomic E-state index is 0.00217. The van der Waals surface area contributed by atoms with Crippen molar-refractivity contribution >= 4 is 0 Å². The fourth-order valence-electron chi connectivity index (χ4n) is 5.58. The van der Waals surface area contributed by atoms with Crippen LogP contribution in [0, 0.1) is 11.8 Å². The second-order valence-electron chi connectivity index (χ2n) is 13.9. The Kier molecular flexibility index (Phi) is 13.7. The Balaban J connectivity index is 1.67. The van der Waals surface area contributed by atoms with Crippen molar-refractivity contribution in [3.05, 3.63) is 60.7 Å². The first-order valence-corrected chi connectivity index (χ1v) is 18.0. The molecule has 2 N–H and O–H groups in total. The number of unbranched alkanes of at least 4 members (excludes halogenated alkanes) is 2. The van der Waals surface area contributed by atoms with Gasteiger partial charge in [0, 0.05) is 17.7 Å². The minimum atomic E-state index is -0.338. The molecule has 49 heavy (non-hydrogen) atoms. The highest BCUT2D eigenvalue weighted by Crippen LogP contribution is 2.36. The van der Waals surface area contributed by atoms with Gasteiger partial charge in [-0.2, -0.15) is 0 Å². The van der Waals surface area contributed by atoms with Crippen LogP contribution in [0.4, 0.5) is 0 Å². The summed E-state index contributed by atoms with van der Waals surface area (Å²) < 4.78 is 18.2. The minimum Gasteiger partial charge on any atom is -0.507 e. The number of phenols is 2. The number of rotatable bonds is 18. The zero-order valence-electron chi connectivity index (χ0n) is 30.5. The molecule has 4 rings (SSSR count). The first-order chi connectivity index (χ1) is 23.5. The lowest BCUT2D eigenvalue weighted by molar-refractivity contribution is 0.131. The SMILES string of the molecule is CCCCC(CC)COc1ccc(-c2nc(-c3ccc(OC(C)(C)C)cc3)nc(-c3ccc(OCC(CC)CCCC)cc3O)n2)c(O)c1. The van der Waals surface area contributed by atoms with Crippen LogP contribution in [0.5, 0.6) is 28.7 Å². The van der Waals surface area contributed by atoms with Crippen LogP contribution in [0.15, 0.2) is 60.7 Å². The van der Waals surface area contributed by atoms with E-state index in [9.17, 15) is 10.2 Å². The summed E-state index contributed by atoms with van der Waals surface area (Å²) in [5, 5.41) is 22.4. The largest absolute Gasteiger partial charge is 0.507 e. The molecule has 8 nitrogen and oxygen atoms in total. The number of aromatic nitrogens is 3. The second-order valence-corrected chi connectivity index (χ2v) is 13.9. The molecule has 2 atom stereocenters. The highest BCUT2D eigenvalue weighted by Gasteiger charge is 2.19. The average molecular weight is 670 g/mol. The Morgan fingerprint density at radius 2 is 1.02 bits per heavy atom. The van der Waals surface area contributed by atoms with Gasteiger partial charge in [-0.05, 0) is 94.0 Å². The van der Waals surface area contributed by atoms with E-state index in [1.807, 2.05) is 57.2 Å². The molecule has 2 unspecified atom stereocenters. The predicted octanol–water partition coefficient (Wildman–Crippen LogP) is 10.7. The van der Waals surface area contributed by atoms with Gasteiger partial charge in [0.05, 0.1) is 24.3 Å². The smallest absolute Gasteiger partial charge is 0.167 e. The molecular weight excluding hydrogens is 614 g/mol. The number of aromatic hydroxyl groups is 2. The maximum Gasteiger partial charge on any atom is 0.167 e. The van der Waals surface area contributed by atoms with Crippen molar-refractivity contribution in [3.8, 4) is 62.9 Å². The molecule has 264 valence electrons. The summed E-state index contributed by atoms with van der Waals surface area (Å²) in [5.41, 5.74) is 1.26. The Morgan fingerprint density at radius 1 is 0.592 bits per heavy atom. The molecule has 0 bridgehead atoms. The number of nitrogens with zero attached hydrogens (tertiary/aromatic N) is 3. The molecule has 8 heteroatoms. The third kappa shape index (κ3) is 11.1. The van der Waals surface area contributed by atoms with Crippen molar-refractivity contribution in [1.82, 2.24) is 15.0 Å². The third-order valence-electron chi connectivity index (χ3n) is 8.65. The number of hydrogen-bond acceptors (Lipinski definition) is 8. The normalized spacial score (nSPS) is 12.8. The number of hydrogen-bond donors (Lipinski definition) is 2. The van der Waals surface area contributed by atoms with Crippen molar-refractivity contribution in [2.45, 2.75) is 105 Å². The Labute approximate surface area is 292 Å². The van der Waals surface area contributed by atoms with Gasteiger partial charge in [0.15, 0.2) is 17.5 Å². The van der Waals surface area contributed by atoms with Crippen molar-refractivity contribution in [1.29, 1.82) is 0 Å². The number of benzene rings is 3. The van der Waals surface area contributed by atoms with Crippen LogP contribution in [0.3, 0.4) is 0 Å². The van der Waals surface area contributed by atoms with Gasteiger partial charge in [-0.1, -0.05) is 66.2 Å². The van der Waals surface area contributed by atoms with Crippen LogP contribution in [0.25, 0.3) is 34.2 Å². The van der Waals surface area contributed by atoms with E-state index in [0.29, 0.717) is 53.5 Å². The lowest BCUT2D eigenvalue weighted by Crippen LogP contribution is -2.22. The van der Waals surface area contributed by atoms with E-state index in [4.69, 9.17) is 29.2 Å². The standard InChI is InChI=1S/C41H55N3O5/c1-8-12-14-28(10-3)26-47-32-20-22-34(36(45)24-32)39-42-38(30-16-18-31(19-17-30)49-41(5,6)7)43-40(44-39)35-23-21-33(25-37(35)46)48-27-29(11-4)15-13-9-2/h16-25,28-29,45-46H,8-15,26-27H2,1-7H3. The molecule has 1 aromatic heterocycles. The molecule has 0 fully saturated rings. The topological polar surface area (TPSA) is 107 Å². The molecule has 0 aliphatic heterocycles. The van der Waals surface area contributed by atoms with Crippen LogP contribution >= 0.6 is 0 Å². The van der Waals surface area contributed by atoms with Gasteiger partial charge in [-0.15, -0.1) is 0 Å². The second kappa shape index (κ2) is 17.9. The van der Waals surface area contributed by atoms with Crippen molar-refractivity contribution in [2.75, 3.05) is 13.2 Å². The molecule has 0 radical (unpaired) electrons. The van der Waals surface area contributed by atoms with Crippen LogP contribution in [-0.2, 0) is 0 Å². The van der Waals surface area contributed by atoms with Gasteiger partial charge >= 0.3 is 0 Å². The van der Waals surface area contributed by atoms with Gasteiger partial charge in [-0.3, -0.25) is 0 Å². The van der Waals surface area contributed by atoms with Gasteiger partial charge in [0.25, 0.3) is 0 Å². The maximum absolute atomic E-state index is 11.2. The lowest BCUT2D eigenvalue weighted by Gasteiger charge is -2.21. The van der Waals surface area contributed by atoms with E-state index in [2.05, 4.69) is 27.7 Å². The van der Waals surface area contributed by atoms with E-state index < -0.39 is 0 Å². The molecule has 0 aliphatic carbocycles. The first-order valence-electron chi connectivity index (χ1n) is 18.0. The van der Waals surface area contributed by atoms with Gasteiger partial charge in [0.2, 0.25) is 0 Å². The number of ether oxygens (including phenoxy) is 3. The average Bonchev–Trinajstić information content (AvgIpc) is 3.08. The molecule has 0 spiro atoms. The van der Waals surface area contributed by atoms with Crippen LogP contribution < -0.4 is 14.2 Å². The Morgan fingerprint density at radius 3 is 1.41 bits per heavy atom. The summed E-state index contributed by atoms with van der Waals surface area (Å²) in [6, 6.07) is 17.9. The Hall–Kier alpha value is -4.33. The fourth-order valence-corrected chi connectivity index (χ4v) is 5.58. The molecule has 0 saturated heterocycles. The van der Waals surface area contributed by atoms with Crippen LogP contribution in [-0.4, -0.2) is 44.0 Å². The number of phenolic OH excluding ortho intramolecular Hbond substituents is 2. The molecule has 0 aliphatic rings. The van der Waals surface area contributed by atoms with E-state index in [-0.39, 0.29) is 28.7 Å². The maximum atomic E-state index is 11.2. The first kappa shape index (κ1) is 37.5. The predicted molar refractivity (Wildman–Crippen MR) is 197 cm³/mol. The molecule has 0 amide bonds. The van der Waals surface area contributed by atoms with Crippen molar-refractivity contribution in [3.63, 3.8) is 0 Å². The summed E-state index contributed by atoms with van der Waals surface area (Å²) in [5.74, 6) is 3.78. The van der Waals surface area contributed by atoms with Gasteiger partial charge in [-0.25, -0.2) is 15.0 Å². The van der Waals surface area contributed by atoms with E-state index in [0.717, 1.165) is 49.8 Å². The monoisotopic (exact) mass is 669 g/mol. The Bertz CT molecular complexity index is 1530. The highest BCUT2D eigenvalue weighted by atomic mass is 16.5. The van der Waals surface area contributed by atoms with Gasteiger partial charge < -0.3 is 24.4 Å². The van der Waals surface area contributed by atoms with Crippen molar-refractivity contribution in [2.24, 2.45) is 11.8 Å². The van der Waals surface area contributed by atoms with Gasteiger partial charge in [0.1, 0.15) is 34.3 Å². The third-order valence-corrected chi connectivity index (χ3v) is 8.65. The van der Waals surface area contributed by atoms with E-state index >= 15 is 0 Å². The molecular formula is C41H55N3O5. The summed E-state index contributed by atoms with van der Waals surface area (Å²) in [4.78, 5) is 14.3. The highest BCUT2D eigenvalue weighted by molar-refractivity contribution is 5.73. The zero-order chi connectivity index (χ0) is 35.4. The lowest BCUT2D eigenvalue weighted by atomic mass is 10.0. The van der Waals surface area contributed by atoms with Crippen molar-refractivity contribution < 1.29 is 24.4 Å². The summed E-state index contributed by atoms with van der Waals surface area (Å²) in [7, 11) is 0. The summed E-state index contributed by atoms with van der Waals surface area (Å²) >= 11 is 0. The quantitative estimate of drug-likeness (QED) is 0.108. The zero-order valence-corrected chi connectivity index (χ0v) is 30.5. The van der Waals surface area contributed by atoms with E-state index in [1.165, 1.54) is 12.8 Å². The molecule has 1 heterocycles. The van der Waals surface area contributed by atoms with E-state index in [1.54, 1.807) is 24.3 Å². The fraction of sp³-hybridized carbons (Fsp3) is 0.488. The summed E-state index contributed by atoms with van der Waals surface area (Å²) in [6.07, 6.45) is 8.99. The molecule has 3 aromatic carbocycles.